The minimum atomic E-state index is -0.221. The van der Waals surface area contributed by atoms with Crippen LogP contribution in [0.2, 0.25) is 0 Å². The van der Waals surface area contributed by atoms with E-state index in [9.17, 15) is 4.39 Å². The summed E-state index contributed by atoms with van der Waals surface area (Å²) in [5, 5.41) is 0. The maximum absolute atomic E-state index is 13.5. The lowest BCUT2D eigenvalue weighted by Gasteiger charge is -2.33. The van der Waals surface area contributed by atoms with Gasteiger partial charge in [-0.2, -0.15) is 0 Å². The summed E-state index contributed by atoms with van der Waals surface area (Å²) in [7, 11) is 0. The van der Waals surface area contributed by atoms with E-state index in [4.69, 9.17) is 10.5 Å². The van der Waals surface area contributed by atoms with E-state index >= 15 is 0 Å². The van der Waals surface area contributed by atoms with E-state index in [1.54, 1.807) is 12.1 Å². The van der Waals surface area contributed by atoms with Crippen LogP contribution in [-0.2, 0) is 0 Å². The van der Waals surface area contributed by atoms with E-state index in [0.29, 0.717) is 0 Å². The predicted molar refractivity (Wildman–Crippen MR) is 76.2 cm³/mol. The summed E-state index contributed by atoms with van der Waals surface area (Å²) >= 11 is 0. The van der Waals surface area contributed by atoms with E-state index in [0.717, 1.165) is 43.8 Å². The molecular formula is C15H23FN2O. The molecule has 1 aliphatic heterocycles. The van der Waals surface area contributed by atoms with Crippen molar-refractivity contribution in [1.82, 2.24) is 0 Å². The Hall–Kier alpha value is -1.29. The van der Waals surface area contributed by atoms with Crippen molar-refractivity contribution in [3.63, 3.8) is 0 Å². The van der Waals surface area contributed by atoms with E-state index in [1.165, 1.54) is 6.07 Å². The summed E-state index contributed by atoms with van der Waals surface area (Å²) in [6.45, 7) is 5.83. The number of rotatable bonds is 4. The quantitative estimate of drug-likeness (QED) is 0.910. The molecule has 1 aliphatic rings. The number of nitrogens with two attached hydrogens (primary N) is 1. The summed E-state index contributed by atoms with van der Waals surface area (Å²) in [6.07, 6.45) is 2.96. The number of piperidine rings is 1. The minimum absolute atomic E-state index is 0.135. The van der Waals surface area contributed by atoms with Gasteiger partial charge in [-0.05, 0) is 38.3 Å². The Morgan fingerprint density at radius 3 is 2.74 bits per heavy atom. The number of halogens is 1. The molecule has 19 heavy (non-hydrogen) atoms. The molecule has 0 amide bonds. The highest BCUT2D eigenvalue weighted by molar-refractivity contribution is 5.59. The van der Waals surface area contributed by atoms with E-state index < -0.39 is 0 Å². The first-order valence-corrected chi connectivity index (χ1v) is 7.07. The first kappa shape index (κ1) is 14.1. The maximum Gasteiger partial charge on any atom is 0.143 e. The lowest BCUT2D eigenvalue weighted by molar-refractivity contribution is 0.217. The number of nitrogens with zero attached hydrogens (tertiary/aromatic N) is 1. The van der Waals surface area contributed by atoms with Gasteiger partial charge in [0.2, 0.25) is 0 Å². The Balaban J connectivity index is 2.19. The summed E-state index contributed by atoms with van der Waals surface area (Å²) in [6, 6.07) is 5.01. The second-order valence-electron chi connectivity index (χ2n) is 5.27. The highest BCUT2D eigenvalue weighted by Gasteiger charge is 2.20. The molecule has 106 valence electrons. The van der Waals surface area contributed by atoms with Gasteiger partial charge in [0.05, 0.1) is 11.8 Å². The first-order valence-electron chi connectivity index (χ1n) is 7.07. The van der Waals surface area contributed by atoms with E-state index in [-0.39, 0.29) is 18.0 Å². The molecule has 1 atom stereocenters. The summed E-state index contributed by atoms with van der Waals surface area (Å²) in [5.74, 6) is 0.549. The molecule has 3 nitrogen and oxygen atoms in total. The van der Waals surface area contributed by atoms with Crippen LogP contribution in [0.5, 0.6) is 5.75 Å². The van der Waals surface area contributed by atoms with Crippen LogP contribution in [0.1, 0.15) is 33.1 Å². The molecule has 1 aromatic carbocycles. The first-order chi connectivity index (χ1) is 9.10. The lowest BCUT2D eigenvalue weighted by Crippen LogP contribution is -2.40. The Bertz CT molecular complexity index is 417. The zero-order chi connectivity index (χ0) is 13.8. The minimum Gasteiger partial charge on any atom is -0.489 e. The van der Waals surface area contributed by atoms with Gasteiger partial charge in [0.15, 0.2) is 0 Å². The third-order valence-corrected chi connectivity index (χ3v) is 3.70. The monoisotopic (exact) mass is 266 g/mol. The summed E-state index contributed by atoms with van der Waals surface area (Å²) in [5.41, 5.74) is 6.77. The van der Waals surface area contributed by atoms with Gasteiger partial charge in [-0.25, -0.2) is 4.39 Å². The highest BCUT2D eigenvalue weighted by atomic mass is 19.1. The second kappa shape index (κ2) is 6.24. The number of hydrogen-bond acceptors (Lipinski definition) is 3. The standard InChI is InChI=1S/C15H23FN2O/c1-3-11(2)19-15-5-4-12(16)10-14(15)18-8-6-13(17)7-9-18/h4-5,10-11,13H,3,6-9,17H2,1-2H3. The van der Waals surface area contributed by atoms with Crippen LogP contribution in [0.4, 0.5) is 10.1 Å². The van der Waals surface area contributed by atoms with Crippen molar-refractivity contribution in [2.45, 2.75) is 45.3 Å². The fourth-order valence-electron chi connectivity index (χ4n) is 2.28. The molecule has 2 N–H and O–H groups in total. The fourth-order valence-corrected chi connectivity index (χ4v) is 2.28. The number of hydrogen-bond donors (Lipinski definition) is 1. The molecular weight excluding hydrogens is 243 g/mol. The molecule has 0 saturated carbocycles. The van der Waals surface area contributed by atoms with Crippen molar-refractivity contribution < 1.29 is 9.13 Å². The Kier molecular flexibility index (Phi) is 4.64. The van der Waals surface area contributed by atoms with Gasteiger partial charge in [-0.15, -0.1) is 0 Å². The van der Waals surface area contributed by atoms with Gasteiger partial charge in [-0.3, -0.25) is 0 Å². The van der Waals surface area contributed by atoms with Crippen molar-refractivity contribution in [1.29, 1.82) is 0 Å². The molecule has 0 aliphatic carbocycles. The Labute approximate surface area is 114 Å². The Morgan fingerprint density at radius 2 is 2.11 bits per heavy atom. The average molecular weight is 266 g/mol. The van der Waals surface area contributed by atoms with Crippen LogP contribution in [0.15, 0.2) is 18.2 Å². The van der Waals surface area contributed by atoms with Crippen LogP contribution >= 0.6 is 0 Å². The molecule has 1 saturated heterocycles. The average Bonchev–Trinajstić information content (AvgIpc) is 2.41. The summed E-state index contributed by atoms with van der Waals surface area (Å²) in [4.78, 5) is 2.17. The van der Waals surface area contributed by atoms with Crippen molar-refractivity contribution in [3.05, 3.63) is 24.0 Å². The largest absolute Gasteiger partial charge is 0.489 e. The molecule has 1 heterocycles. The molecule has 2 rings (SSSR count). The third kappa shape index (κ3) is 3.60. The summed E-state index contributed by atoms with van der Waals surface area (Å²) < 4.78 is 19.4. The molecule has 4 heteroatoms. The number of ether oxygens (including phenoxy) is 1. The zero-order valence-electron chi connectivity index (χ0n) is 11.7. The highest BCUT2D eigenvalue weighted by Crippen LogP contribution is 2.32. The smallest absolute Gasteiger partial charge is 0.143 e. The maximum atomic E-state index is 13.5. The lowest BCUT2D eigenvalue weighted by atomic mass is 10.1. The van der Waals surface area contributed by atoms with Crippen molar-refractivity contribution in [3.8, 4) is 5.75 Å². The van der Waals surface area contributed by atoms with Crippen LogP contribution in [0, 0.1) is 5.82 Å². The van der Waals surface area contributed by atoms with Crippen LogP contribution in [0.25, 0.3) is 0 Å². The number of anilines is 1. The van der Waals surface area contributed by atoms with Gasteiger partial charge >= 0.3 is 0 Å². The molecule has 0 radical (unpaired) electrons. The van der Waals surface area contributed by atoms with Gasteiger partial charge in [0, 0.05) is 25.2 Å². The van der Waals surface area contributed by atoms with Crippen molar-refractivity contribution in [2.24, 2.45) is 5.73 Å². The predicted octanol–water partition coefficient (Wildman–Crippen LogP) is 2.93. The molecule has 0 spiro atoms. The topological polar surface area (TPSA) is 38.5 Å². The molecule has 0 aromatic heterocycles. The molecule has 1 unspecified atom stereocenters. The van der Waals surface area contributed by atoms with Crippen molar-refractivity contribution in [2.75, 3.05) is 18.0 Å². The Morgan fingerprint density at radius 1 is 1.42 bits per heavy atom. The van der Waals surface area contributed by atoms with Crippen LogP contribution in [0.3, 0.4) is 0 Å². The van der Waals surface area contributed by atoms with Crippen LogP contribution < -0.4 is 15.4 Å². The zero-order valence-corrected chi connectivity index (χ0v) is 11.7. The second-order valence-corrected chi connectivity index (χ2v) is 5.27. The van der Waals surface area contributed by atoms with E-state index in [2.05, 4.69) is 11.8 Å². The SMILES string of the molecule is CCC(C)Oc1ccc(F)cc1N1CCC(N)CC1. The van der Waals surface area contributed by atoms with Crippen LogP contribution in [-0.4, -0.2) is 25.2 Å². The molecule has 0 bridgehead atoms. The van der Waals surface area contributed by atoms with E-state index in [1.807, 2.05) is 6.92 Å². The van der Waals surface area contributed by atoms with Gasteiger partial charge in [0.1, 0.15) is 11.6 Å². The molecule has 1 fully saturated rings. The normalized spacial score (nSPS) is 18.4. The third-order valence-electron chi connectivity index (χ3n) is 3.70. The van der Waals surface area contributed by atoms with Gasteiger partial charge < -0.3 is 15.4 Å². The van der Waals surface area contributed by atoms with Crippen molar-refractivity contribution >= 4 is 5.69 Å². The fraction of sp³-hybridized carbons (Fsp3) is 0.600. The number of benzene rings is 1. The molecule has 1 aromatic rings. The van der Waals surface area contributed by atoms with Gasteiger partial charge in [-0.1, -0.05) is 6.92 Å². The van der Waals surface area contributed by atoms with Gasteiger partial charge in [0.25, 0.3) is 0 Å².